The van der Waals surface area contributed by atoms with E-state index in [2.05, 4.69) is 0 Å². The van der Waals surface area contributed by atoms with Crippen LogP contribution in [0.1, 0.15) is 35.7 Å². The average molecular weight is 249 g/mol. The molecule has 1 saturated heterocycles. The largest absolute Gasteiger partial charge is 0.462 e. The maximum atomic E-state index is 11.5. The summed E-state index contributed by atoms with van der Waals surface area (Å²) in [5, 5.41) is 0. The van der Waals surface area contributed by atoms with Crippen molar-refractivity contribution in [1.82, 2.24) is 0 Å². The van der Waals surface area contributed by atoms with Gasteiger partial charge in [0.2, 0.25) is 0 Å². The van der Waals surface area contributed by atoms with Crippen molar-refractivity contribution in [3.05, 3.63) is 35.4 Å². The third-order valence-electron chi connectivity index (χ3n) is 3.36. The highest BCUT2D eigenvalue weighted by molar-refractivity contribution is 5.89. The molecule has 0 bridgehead atoms. The van der Waals surface area contributed by atoms with Gasteiger partial charge in [-0.2, -0.15) is 0 Å². The predicted octanol–water partition coefficient (Wildman–Crippen LogP) is 1.83. The minimum atomic E-state index is -0.328. The molecule has 0 unspecified atom stereocenters. The molecule has 0 atom stereocenters. The van der Waals surface area contributed by atoms with Crippen molar-refractivity contribution in [2.45, 2.75) is 25.3 Å². The van der Waals surface area contributed by atoms with Gasteiger partial charge in [0.05, 0.1) is 12.2 Å². The predicted molar refractivity (Wildman–Crippen MR) is 68.3 cm³/mol. The van der Waals surface area contributed by atoms with E-state index >= 15 is 0 Å². The van der Waals surface area contributed by atoms with Crippen LogP contribution in [0.3, 0.4) is 0 Å². The summed E-state index contributed by atoms with van der Waals surface area (Å²) in [5.74, 6) is -0.290. The van der Waals surface area contributed by atoms with Gasteiger partial charge in [-0.15, -0.1) is 0 Å². The number of rotatable bonds is 3. The lowest BCUT2D eigenvalue weighted by atomic mass is 9.83. The van der Waals surface area contributed by atoms with E-state index in [9.17, 15) is 4.79 Å². The molecule has 98 valence electrons. The van der Waals surface area contributed by atoms with Crippen LogP contribution in [-0.2, 0) is 15.0 Å². The van der Waals surface area contributed by atoms with Crippen molar-refractivity contribution in [3.8, 4) is 0 Å². The van der Waals surface area contributed by atoms with E-state index < -0.39 is 0 Å². The number of hydrogen-bond donors (Lipinski definition) is 1. The summed E-state index contributed by atoms with van der Waals surface area (Å²) in [7, 11) is 0. The van der Waals surface area contributed by atoms with Crippen LogP contribution in [0.2, 0.25) is 0 Å². The molecule has 1 fully saturated rings. The molecule has 0 aliphatic carbocycles. The summed E-state index contributed by atoms with van der Waals surface area (Å²) in [6, 6.07) is 7.38. The van der Waals surface area contributed by atoms with Gasteiger partial charge in [-0.05, 0) is 37.5 Å². The monoisotopic (exact) mass is 249 g/mol. The van der Waals surface area contributed by atoms with Gasteiger partial charge in [0.25, 0.3) is 0 Å². The second-order valence-electron chi connectivity index (χ2n) is 4.57. The summed E-state index contributed by atoms with van der Waals surface area (Å²) < 4.78 is 10.3. The van der Waals surface area contributed by atoms with Gasteiger partial charge < -0.3 is 15.2 Å². The molecule has 1 heterocycles. The van der Waals surface area contributed by atoms with Crippen LogP contribution < -0.4 is 5.73 Å². The van der Waals surface area contributed by atoms with E-state index in [0.717, 1.165) is 18.4 Å². The first-order valence-electron chi connectivity index (χ1n) is 6.30. The highest BCUT2D eigenvalue weighted by atomic mass is 16.5. The molecule has 0 aromatic heterocycles. The molecule has 0 radical (unpaired) electrons. The average Bonchev–Trinajstić information content (AvgIpc) is 2.40. The van der Waals surface area contributed by atoms with Crippen molar-refractivity contribution < 1.29 is 14.3 Å². The van der Waals surface area contributed by atoms with Crippen molar-refractivity contribution in [3.63, 3.8) is 0 Å². The first kappa shape index (κ1) is 13.1. The molecule has 1 aromatic carbocycles. The third-order valence-corrected chi connectivity index (χ3v) is 3.36. The molecular formula is C14H19NO3. The van der Waals surface area contributed by atoms with Crippen molar-refractivity contribution in [1.29, 1.82) is 0 Å². The van der Waals surface area contributed by atoms with Crippen LogP contribution in [-0.4, -0.2) is 25.8 Å². The number of ether oxygens (including phenoxy) is 2. The van der Waals surface area contributed by atoms with Crippen LogP contribution in [0, 0.1) is 0 Å². The molecule has 0 spiro atoms. The lowest BCUT2D eigenvalue weighted by Gasteiger charge is -2.33. The van der Waals surface area contributed by atoms with Crippen LogP contribution in [0.25, 0.3) is 0 Å². The Morgan fingerprint density at radius 3 is 2.50 bits per heavy atom. The molecule has 0 amide bonds. The highest BCUT2D eigenvalue weighted by Gasteiger charge is 2.29. The van der Waals surface area contributed by atoms with Crippen molar-refractivity contribution in [2.24, 2.45) is 5.73 Å². The minimum Gasteiger partial charge on any atom is -0.462 e. The van der Waals surface area contributed by atoms with Crippen LogP contribution >= 0.6 is 0 Å². The molecule has 18 heavy (non-hydrogen) atoms. The number of hydrogen-bond acceptors (Lipinski definition) is 4. The zero-order valence-corrected chi connectivity index (χ0v) is 10.6. The Kier molecular flexibility index (Phi) is 3.99. The Balaban J connectivity index is 2.14. The van der Waals surface area contributed by atoms with Crippen LogP contribution in [0.4, 0.5) is 0 Å². The maximum Gasteiger partial charge on any atom is 0.338 e. The number of esters is 1. The standard InChI is InChI=1S/C14H19NO3/c1-2-18-13(16)11-3-5-12(6-4-11)14(15)7-9-17-10-8-14/h3-6H,2,7-10,15H2,1H3. The van der Waals surface area contributed by atoms with Gasteiger partial charge in [0.1, 0.15) is 0 Å². The molecule has 2 N–H and O–H groups in total. The van der Waals surface area contributed by atoms with Gasteiger partial charge in [-0.3, -0.25) is 0 Å². The fraction of sp³-hybridized carbons (Fsp3) is 0.500. The van der Waals surface area contributed by atoms with E-state index in [1.807, 2.05) is 12.1 Å². The van der Waals surface area contributed by atoms with E-state index in [4.69, 9.17) is 15.2 Å². The quantitative estimate of drug-likeness (QED) is 0.830. The number of nitrogens with two attached hydrogens (primary N) is 1. The Morgan fingerprint density at radius 1 is 1.33 bits per heavy atom. The molecule has 4 nitrogen and oxygen atoms in total. The molecule has 0 saturated carbocycles. The molecule has 4 heteroatoms. The summed E-state index contributed by atoms with van der Waals surface area (Å²) in [4.78, 5) is 11.5. The van der Waals surface area contributed by atoms with Gasteiger partial charge in [0, 0.05) is 18.8 Å². The van der Waals surface area contributed by atoms with E-state index in [1.54, 1.807) is 19.1 Å². The van der Waals surface area contributed by atoms with Gasteiger partial charge >= 0.3 is 5.97 Å². The minimum absolute atomic E-state index is 0.290. The van der Waals surface area contributed by atoms with Crippen molar-refractivity contribution in [2.75, 3.05) is 19.8 Å². The van der Waals surface area contributed by atoms with E-state index in [0.29, 0.717) is 25.4 Å². The SMILES string of the molecule is CCOC(=O)c1ccc(C2(N)CCOCC2)cc1. The van der Waals surface area contributed by atoms with Crippen molar-refractivity contribution >= 4 is 5.97 Å². The van der Waals surface area contributed by atoms with Gasteiger partial charge in [-0.1, -0.05) is 12.1 Å². The van der Waals surface area contributed by atoms with E-state index in [-0.39, 0.29) is 11.5 Å². The van der Waals surface area contributed by atoms with Gasteiger partial charge in [-0.25, -0.2) is 4.79 Å². The Bertz CT molecular complexity index is 408. The number of benzene rings is 1. The molecule has 2 rings (SSSR count). The van der Waals surface area contributed by atoms with E-state index in [1.165, 1.54) is 0 Å². The lowest BCUT2D eigenvalue weighted by Crippen LogP contribution is -2.42. The number of carbonyl (C=O) groups is 1. The first-order valence-corrected chi connectivity index (χ1v) is 6.30. The second kappa shape index (κ2) is 5.50. The normalized spacial score (nSPS) is 18.3. The zero-order valence-electron chi connectivity index (χ0n) is 10.6. The topological polar surface area (TPSA) is 61.5 Å². The molecule has 1 aliphatic rings. The summed E-state index contributed by atoms with van der Waals surface area (Å²) in [6.45, 7) is 3.56. The Labute approximate surface area is 107 Å². The molecule has 1 aliphatic heterocycles. The summed E-state index contributed by atoms with van der Waals surface area (Å²) in [6.07, 6.45) is 1.62. The number of carbonyl (C=O) groups excluding carboxylic acids is 1. The van der Waals surface area contributed by atoms with Gasteiger partial charge in [0.15, 0.2) is 0 Å². The second-order valence-corrected chi connectivity index (χ2v) is 4.57. The molecule has 1 aromatic rings. The third kappa shape index (κ3) is 2.71. The fourth-order valence-electron chi connectivity index (χ4n) is 2.18. The zero-order chi connectivity index (χ0) is 13.0. The van der Waals surface area contributed by atoms with Crippen LogP contribution in [0.15, 0.2) is 24.3 Å². The highest BCUT2D eigenvalue weighted by Crippen LogP contribution is 2.29. The molecular weight excluding hydrogens is 230 g/mol. The maximum absolute atomic E-state index is 11.5. The summed E-state index contributed by atoms with van der Waals surface area (Å²) in [5.41, 5.74) is 7.66. The smallest absolute Gasteiger partial charge is 0.338 e. The Morgan fingerprint density at radius 2 is 1.94 bits per heavy atom. The first-order chi connectivity index (χ1) is 8.65. The Hall–Kier alpha value is -1.39. The van der Waals surface area contributed by atoms with Crippen LogP contribution in [0.5, 0.6) is 0 Å². The fourth-order valence-corrected chi connectivity index (χ4v) is 2.18. The lowest BCUT2D eigenvalue weighted by molar-refractivity contribution is 0.0512. The summed E-state index contributed by atoms with van der Waals surface area (Å²) >= 11 is 0.